The summed E-state index contributed by atoms with van der Waals surface area (Å²) in [6, 6.07) is 0. The van der Waals surface area contributed by atoms with Crippen LogP contribution in [-0.2, 0) is 4.79 Å². The first kappa shape index (κ1) is 24.2. The highest BCUT2D eigenvalue weighted by atomic mass is 16.4. The molecule has 0 saturated heterocycles. The third kappa shape index (κ3) is 10.1. The van der Waals surface area contributed by atoms with E-state index < -0.39 is 31.0 Å². The molecular formula is C17H35NO7. The number of nitrogens with zero attached hydrogens (tertiary/aromatic N) is 1. The minimum atomic E-state index is -1.73. The maximum absolute atomic E-state index is 12.2. The molecule has 0 aromatic carbocycles. The summed E-state index contributed by atoms with van der Waals surface area (Å²) in [6.45, 7) is 0.824. The number of unbranched alkanes of at least 4 members (excludes halogenated alkanes) is 5. The van der Waals surface area contributed by atoms with Crippen molar-refractivity contribution in [2.24, 2.45) is 0 Å². The van der Waals surface area contributed by atoms with Crippen LogP contribution in [0.3, 0.4) is 0 Å². The van der Waals surface area contributed by atoms with Crippen LogP contribution in [0.15, 0.2) is 0 Å². The molecular weight excluding hydrogens is 330 g/mol. The van der Waals surface area contributed by atoms with Crippen molar-refractivity contribution in [2.75, 3.05) is 26.3 Å². The van der Waals surface area contributed by atoms with E-state index in [9.17, 15) is 25.2 Å². The Bertz CT molecular complexity index is 343. The molecule has 1 amide bonds. The summed E-state index contributed by atoms with van der Waals surface area (Å²) in [7, 11) is 0. The largest absolute Gasteiger partial charge is 0.395 e. The Morgan fingerprint density at radius 1 is 0.880 bits per heavy atom. The summed E-state index contributed by atoms with van der Waals surface area (Å²) in [5.74, 6) is -0.243. The fourth-order valence-electron chi connectivity index (χ4n) is 2.55. The third-order valence-corrected chi connectivity index (χ3v) is 4.20. The van der Waals surface area contributed by atoms with Gasteiger partial charge in [0.15, 0.2) is 0 Å². The van der Waals surface area contributed by atoms with E-state index in [2.05, 4.69) is 6.92 Å². The van der Waals surface area contributed by atoms with E-state index in [-0.39, 0.29) is 32.0 Å². The van der Waals surface area contributed by atoms with Crippen molar-refractivity contribution in [2.45, 2.75) is 76.3 Å². The highest BCUT2D eigenvalue weighted by molar-refractivity contribution is 5.76. The van der Waals surface area contributed by atoms with Crippen LogP contribution in [0.1, 0.15) is 51.9 Å². The summed E-state index contributed by atoms with van der Waals surface area (Å²) >= 11 is 0. The van der Waals surface area contributed by atoms with Gasteiger partial charge >= 0.3 is 0 Å². The molecule has 0 aliphatic carbocycles. The monoisotopic (exact) mass is 365 g/mol. The lowest BCUT2D eigenvalue weighted by molar-refractivity contribution is -0.140. The second-order valence-corrected chi connectivity index (χ2v) is 6.38. The van der Waals surface area contributed by atoms with E-state index in [0.717, 1.165) is 32.1 Å². The molecule has 0 fully saturated rings. The van der Waals surface area contributed by atoms with Gasteiger partial charge in [-0.15, -0.1) is 0 Å². The fraction of sp³-hybridized carbons (Fsp3) is 0.941. The zero-order chi connectivity index (χ0) is 19.2. The molecule has 0 saturated carbocycles. The molecule has 0 bridgehead atoms. The van der Waals surface area contributed by atoms with Gasteiger partial charge in [-0.2, -0.15) is 0 Å². The van der Waals surface area contributed by atoms with Crippen LogP contribution in [0, 0.1) is 0 Å². The summed E-state index contributed by atoms with van der Waals surface area (Å²) < 4.78 is 0. The average Bonchev–Trinajstić information content (AvgIpc) is 2.61. The number of amides is 1. The first-order chi connectivity index (χ1) is 11.9. The maximum Gasteiger partial charge on any atom is 0.222 e. The fourth-order valence-corrected chi connectivity index (χ4v) is 2.55. The lowest BCUT2D eigenvalue weighted by atomic mass is 10.0. The molecule has 0 aliphatic heterocycles. The van der Waals surface area contributed by atoms with E-state index in [0.29, 0.717) is 0 Å². The van der Waals surface area contributed by atoms with Crippen molar-refractivity contribution in [3.8, 4) is 0 Å². The van der Waals surface area contributed by atoms with Gasteiger partial charge in [0, 0.05) is 19.5 Å². The zero-order valence-corrected chi connectivity index (χ0v) is 15.1. The summed E-state index contributed by atoms with van der Waals surface area (Å²) in [5.41, 5.74) is 0. The quantitative estimate of drug-likeness (QED) is 0.204. The topological polar surface area (TPSA) is 142 Å². The van der Waals surface area contributed by atoms with Crippen molar-refractivity contribution in [3.05, 3.63) is 0 Å². The predicted molar refractivity (Wildman–Crippen MR) is 92.8 cm³/mol. The van der Waals surface area contributed by atoms with Gasteiger partial charge in [0.1, 0.15) is 24.4 Å². The molecule has 8 nitrogen and oxygen atoms in total. The van der Waals surface area contributed by atoms with Gasteiger partial charge in [-0.05, 0) is 6.42 Å². The molecule has 150 valence electrons. The van der Waals surface area contributed by atoms with Gasteiger partial charge in [-0.25, -0.2) is 0 Å². The molecule has 4 atom stereocenters. The van der Waals surface area contributed by atoms with E-state index >= 15 is 0 Å². The molecule has 0 rings (SSSR count). The lowest BCUT2D eigenvalue weighted by Crippen LogP contribution is -2.51. The molecule has 6 N–H and O–H groups in total. The molecule has 0 spiro atoms. The summed E-state index contributed by atoms with van der Waals surface area (Å²) in [6.07, 6.45) is -0.0660. The van der Waals surface area contributed by atoms with Crippen LogP contribution in [0.4, 0.5) is 0 Å². The smallest absolute Gasteiger partial charge is 0.222 e. The van der Waals surface area contributed by atoms with Crippen LogP contribution >= 0.6 is 0 Å². The Hall–Kier alpha value is -0.770. The Balaban J connectivity index is 4.39. The maximum atomic E-state index is 12.2. The molecule has 0 unspecified atom stereocenters. The highest BCUT2D eigenvalue weighted by Crippen LogP contribution is 2.11. The molecule has 0 aliphatic rings. The second-order valence-electron chi connectivity index (χ2n) is 6.38. The highest BCUT2D eigenvalue weighted by Gasteiger charge is 2.31. The van der Waals surface area contributed by atoms with Crippen LogP contribution < -0.4 is 0 Å². The van der Waals surface area contributed by atoms with E-state index in [1.54, 1.807) is 0 Å². The van der Waals surface area contributed by atoms with Crippen molar-refractivity contribution in [1.29, 1.82) is 0 Å². The molecule has 8 heteroatoms. The summed E-state index contributed by atoms with van der Waals surface area (Å²) in [5, 5.41) is 56.5. The minimum Gasteiger partial charge on any atom is -0.395 e. The third-order valence-electron chi connectivity index (χ3n) is 4.20. The molecule has 0 aromatic heterocycles. The number of carbonyl (C=O) groups is 1. The van der Waals surface area contributed by atoms with E-state index in [1.165, 1.54) is 11.3 Å². The van der Waals surface area contributed by atoms with Crippen molar-refractivity contribution < 1.29 is 35.4 Å². The van der Waals surface area contributed by atoms with Gasteiger partial charge in [0.2, 0.25) is 5.91 Å². The first-order valence-electron chi connectivity index (χ1n) is 9.10. The second kappa shape index (κ2) is 14.4. The normalized spacial score (nSPS) is 16.3. The summed E-state index contributed by atoms with van der Waals surface area (Å²) in [4.78, 5) is 13.4. The van der Waals surface area contributed by atoms with Gasteiger partial charge in [-0.3, -0.25) is 4.79 Å². The molecule has 0 aromatic rings. The van der Waals surface area contributed by atoms with Gasteiger partial charge in [0.25, 0.3) is 0 Å². The Morgan fingerprint density at radius 3 is 2.00 bits per heavy atom. The van der Waals surface area contributed by atoms with Crippen LogP contribution in [0.25, 0.3) is 0 Å². The number of carbonyl (C=O) groups excluding carboxylic acids is 1. The molecule has 0 radical (unpaired) electrons. The van der Waals surface area contributed by atoms with Crippen LogP contribution in [0.2, 0.25) is 0 Å². The number of rotatable bonds is 15. The van der Waals surface area contributed by atoms with Crippen LogP contribution in [-0.4, -0.2) is 92.2 Å². The zero-order valence-electron chi connectivity index (χ0n) is 15.1. The number of hydrogen-bond donors (Lipinski definition) is 6. The van der Waals surface area contributed by atoms with Gasteiger partial charge < -0.3 is 35.5 Å². The van der Waals surface area contributed by atoms with Crippen LogP contribution in [0.5, 0.6) is 0 Å². The van der Waals surface area contributed by atoms with Crippen molar-refractivity contribution in [1.82, 2.24) is 4.90 Å². The number of aliphatic hydroxyl groups excluding tert-OH is 6. The Labute approximate surface area is 149 Å². The number of aliphatic hydroxyl groups is 6. The van der Waals surface area contributed by atoms with E-state index in [1.807, 2.05) is 0 Å². The molecule has 0 heterocycles. The Morgan fingerprint density at radius 2 is 1.44 bits per heavy atom. The predicted octanol–water partition coefficient (Wildman–Crippen LogP) is -1.01. The number of hydrogen-bond acceptors (Lipinski definition) is 7. The lowest BCUT2D eigenvalue weighted by Gasteiger charge is -2.30. The first-order valence-corrected chi connectivity index (χ1v) is 9.10. The minimum absolute atomic E-state index is 0.0110. The Kier molecular flexibility index (Phi) is 14.0. The van der Waals surface area contributed by atoms with Crippen molar-refractivity contribution >= 4 is 5.91 Å². The SMILES string of the molecule is CCCCCCCCC(=O)N(CCO)C[C@H](O)[C@@H](O)[C@H](O)[C@H](O)CO. The van der Waals surface area contributed by atoms with Gasteiger partial charge in [0.05, 0.1) is 13.2 Å². The van der Waals surface area contributed by atoms with Gasteiger partial charge in [-0.1, -0.05) is 39.0 Å². The van der Waals surface area contributed by atoms with Crippen molar-refractivity contribution in [3.63, 3.8) is 0 Å². The average molecular weight is 365 g/mol. The standard InChI is InChI=1S/C17H35NO7/c1-2-3-4-5-6-7-8-15(23)18(9-10-19)11-13(21)16(24)17(25)14(22)12-20/h13-14,16-17,19-22,24-25H,2-12H2,1H3/t13-,14+,16+,17+/m0/s1. The molecule has 25 heavy (non-hydrogen) atoms. The van der Waals surface area contributed by atoms with E-state index in [4.69, 9.17) is 10.2 Å².